The van der Waals surface area contributed by atoms with Crippen LogP contribution in [-0.2, 0) is 4.79 Å². The Morgan fingerprint density at radius 3 is 2.39 bits per heavy atom. The van der Waals surface area contributed by atoms with Crippen molar-refractivity contribution in [3.05, 3.63) is 0 Å². The summed E-state index contributed by atoms with van der Waals surface area (Å²) < 4.78 is 0. The molecule has 2 fully saturated rings. The van der Waals surface area contributed by atoms with E-state index in [-0.39, 0.29) is 5.91 Å². The summed E-state index contributed by atoms with van der Waals surface area (Å²) in [6.07, 6.45) is 11.4. The van der Waals surface area contributed by atoms with Gasteiger partial charge in [0.1, 0.15) is 0 Å². The highest BCUT2D eigenvalue weighted by atomic mass is 16.2. The molecular formula is C15H28N2O. The van der Waals surface area contributed by atoms with Gasteiger partial charge in [-0.1, -0.05) is 32.1 Å². The van der Waals surface area contributed by atoms with Crippen LogP contribution in [0.5, 0.6) is 0 Å². The van der Waals surface area contributed by atoms with E-state index in [4.69, 9.17) is 0 Å². The molecule has 0 spiro atoms. The molecule has 1 N–H and O–H groups in total. The Bertz CT molecular complexity index is 259. The van der Waals surface area contributed by atoms with E-state index in [9.17, 15) is 4.79 Å². The Hall–Kier alpha value is -0.570. The highest BCUT2D eigenvalue weighted by molar-refractivity contribution is 5.78. The largest absolute Gasteiger partial charge is 0.352 e. The fourth-order valence-electron chi connectivity index (χ4n) is 3.27. The minimum atomic E-state index is 0.246. The van der Waals surface area contributed by atoms with Gasteiger partial charge in [0.15, 0.2) is 0 Å². The number of hydrogen-bond acceptors (Lipinski definition) is 2. The average Bonchev–Trinajstić information content (AvgIpc) is 2.61. The molecule has 1 atom stereocenters. The van der Waals surface area contributed by atoms with E-state index in [1.807, 2.05) is 0 Å². The van der Waals surface area contributed by atoms with Crippen LogP contribution in [0.15, 0.2) is 0 Å². The summed E-state index contributed by atoms with van der Waals surface area (Å²) in [4.78, 5) is 14.4. The van der Waals surface area contributed by atoms with Gasteiger partial charge in [-0.05, 0) is 39.2 Å². The molecule has 0 aromatic rings. The summed E-state index contributed by atoms with van der Waals surface area (Å²) in [6, 6.07) is 1.03. The van der Waals surface area contributed by atoms with E-state index in [1.54, 1.807) is 0 Å². The smallest absolute Gasteiger partial charge is 0.234 e. The molecule has 2 aliphatic rings. The minimum absolute atomic E-state index is 0.246. The Morgan fingerprint density at radius 1 is 1.06 bits per heavy atom. The molecule has 0 aromatic heterocycles. The monoisotopic (exact) mass is 252 g/mol. The van der Waals surface area contributed by atoms with E-state index in [1.165, 1.54) is 57.8 Å². The molecule has 0 aromatic carbocycles. The maximum atomic E-state index is 12.1. The molecule has 104 valence electrons. The molecule has 1 heterocycles. The van der Waals surface area contributed by atoms with Gasteiger partial charge in [0, 0.05) is 12.1 Å². The fourth-order valence-corrected chi connectivity index (χ4v) is 3.27. The van der Waals surface area contributed by atoms with E-state index in [0.717, 1.165) is 6.54 Å². The summed E-state index contributed by atoms with van der Waals surface area (Å²) in [7, 11) is 0. The number of hydrogen-bond donors (Lipinski definition) is 1. The topological polar surface area (TPSA) is 32.3 Å². The van der Waals surface area contributed by atoms with Crippen molar-refractivity contribution in [1.82, 2.24) is 10.2 Å². The van der Waals surface area contributed by atoms with Gasteiger partial charge in [0.2, 0.25) is 5.91 Å². The number of amides is 1. The minimum Gasteiger partial charge on any atom is -0.352 e. The Kier molecular flexibility index (Phi) is 5.48. The molecule has 0 bridgehead atoms. The van der Waals surface area contributed by atoms with E-state index in [0.29, 0.717) is 18.6 Å². The zero-order valence-corrected chi connectivity index (χ0v) is 11.8. The standard InChI is InChI=1S/C15H28N2O/c1-13-8-6-7-11-17(13)12-15(18)16-14-9-4-2-3-5-10-14/h13-14H,2-12H2,1H3,(H,16,18)/t13-/m1/s1. The molecule has 0 unspecified atom stereocenters. The molecule has 2 rings (SSSR count). The molecule has 3 heteroatoms. The molecule has 18 heavy (non-hydrogen) atoms. The number of nitrogens with one attached hydrogen (secondary N) is 1. The normalized spacial score (nSPS) is 27.7. The van der Waals surface area contributed by atoms with Crippen LogP contribution < -0.4 is 5.32 Å². The van der Waals surface area contributed by atoms with Gasteiger partial charge < -0.3 is 5.32 Å². The second-order valence-electron chi connectivity index (χ2n) is 6.07. The van der Waals surface area contributed by atoms with Crippen molar-refractivity contribution in [1.29, 1.82) is 0 Å². The number of likely N-dealkylation sites (tertiary alicyclic amines) is 1. The molecule has 1 aliphatic heterocycles. The van der Waals surface area contributed by atoms with Crippen molar-refractivity contribution < 1.29 is 4.79 Å². The van der Waals surface area contributed by atoms with Gasteiger partial charge in [-0.15, -0.1) is 0 Å². The summed E-state index contributed by atoms with van der Waals surface area (Å²) in [5.41, 5.74) is 0. The Morgan fingerprint density at radius 2 is 1.72 bits per heavy atom. The van der Waals surface area contributed by atoms with E-state index in [2.05, 4.69) is 17.1 Å². The van der Waals surface area contributed by atoms with Crippen LogP contribution in [-0.4, -0.2) is 36.0 Å². The van der Waals surface area contributed by atoms with Gasteiger partial charge in [-0.3, -0.25) is 9.69 Å². The third-order valence-corrected chi connectivity index (χ3v) is 4.51. The predicted octanol–water partition coefficient (Wildman–Crippen LogP) is 2.70. The van der Waals surface area contributed by atoms with Crippen LogP contribution in [0.25, 0.3) is 0 Å². The molecule has 1 amide bonds. The summed E-state index contributed by atoms with van der Waals surface area (Å²) in [5, 5.41) is 3.25. The highest BCUT2D eigenvalue weighted by Crippen LogP contribution is 2.18. The molecule has 1 saturated carbocycles. The maximum absolute atomic E-state index is 12.1. The van der Waals surface area contributed by atoms with Crippen molar-refractivity contribution in [2.45, 2.75) is 76.8 Å². The van der Waals surface area contributed by atoms with Crippen molar-refractivity contribution in [2.24, 2.45) is 0 Å². The third kappa shape index (κ3) is 4.27. The first-order chi connectivity index (χ1) is 8.75. The number of piperidine rings is 1. The Labute approximate surface area is 111 Å². The van der Waals surface area contributed by atoms with Crippen LogP contribution in [0, 0.1) is 0 Å². The molecular weight excluding hydrogens is 224 g/mol. The van der Waals surface area contributed by atoms with E-state index < -0.39 is 0 Å². The highest BCUT2D eigenvalue weighted by Gasteiger charge is 2.22. The summed E-state index contributed by atoms with van der Waals surface area (Å²) in [5.74, 6) is 0.246. The number of rotatable bonds is 3. The van der Waals surface area contributed by atoms with Crippen LogP contribution in [0.4, 0.5) is 0 Å². The van der Waals surface area contributed by atoms with Crippen molar-refractivity contribution in [3.63, 3.8) is 0 Å². The van der Waals surface area contributed by atoms with Crippen molar-refractivity contribution >= 4 is 5.91 Å². The zero-order valence-electron chi connectivity index (χ0n) is 11.8. The first kappa shape index (κ1) is 13.9. The lowest BCUT2D eigenvalue weighted by Gasteiger charge is -2.33. The van der Waals surface area contributed by atoms with Gasteiger partial charge in [0.05, 0.1) is 6.54 Å². The quantitative estimate of drug-likeness (QED) is 0.783. The maximum Gasteiger partial charge on any atom is 0.234 e. The fraction of sp³-hybridized carbons (Fsp3) is 0.933. The first-order valence-corrected chi connectivity index (χ1v) is 7.79. The van der Waals surface area contributed by atoms with Crippen LogP contribution in [0.1, 0.15) is 64.7 Å². The lowest BCUT2D eigenvalue weighted by molar-refractivity contribution is -0.123. The van der Waals surface area contributed by atoms with Crippen LogP contribution in [0.3, 0.4) is 0 Å². The molecule has 3 nitrogen and oxygen atoms in total. The third-order valence-electron chi connectivity index (χ3n) is 4.51. The van der Waals surface area contributed by atoms with E-state index >= 15 is 0 Å². The zero-order chi connectivity index (χ0) is 12.8. The van der Waals surface area contributed by atoms with Crippen molar-refractivity contribution in [2.75, 3.05) is 13.1 Å². The average molecular weight is 252 g/mol. The Balaban J connectivity index is 1.73. The van der Waals surface area contributed by atoms with Gasteiger partial charge >= 0.3 is 0 Å². The SMILES string of the molecule is C[C@@H]1CCCCN1CC(=O)NC1CCCCCC1. The second-order valence-corrected chi connectivity index (χ2v) is 6.07. The number of carbonyl (C=O) groups excluding carboxylic acids is 1. The lowest BCUT2D eigenvalue weighted by Crippen LogP contribution is -2.46. The van der Waals surface area contributed by atoms with Crippen LogP contribution in [0.2, 0.25) is 0 Å². The first-order valence-electron chi connectivity index (χ1n) is 7.79. The summed E-state index contributed by atoms with van der Waals surface area (Å²) in [6.45, 7) is 3.95. The predicted molar refractivity (Wildman–Crippen MR) is 74.5 cm³/mol. The number of nitrogens with zero attached hydrogens (tertiary/aromatic N) is 1. The summed E-state index contributed by atoms with van der Waals surface area (Å²) >= 11 is 0. The lowest BCUT2D eigenvalue weighted by atomic mass is 10.0. The van der Waals surface area contributed by atoms with Crippen LogP contribution >= 0.6 is 0 Å². The molecule has 1 saturated heterocycles. The van der Waals surface area contributed by atoms with Gasteiger partial charge in [-0.25, -0.2) is 0 Å². The molecule has 0 radical (unpaired) electrons. The van der Waals surface area contributed by atoms with Crippen molar-refractivity contribution in [3.8, 4) is 0 Å². The molecule has 1 aliphatic carbocycles. The second kappa shape index (κ2) is 7.13. The number of carbonyl (C=O) groups is 1. The van der Waals surface area contributed by atoms with Gasteiger partial charge in [0.25, 0.3) is 0 Å². The van der Waals surface area contributed by atoms with Gasteiger partial charge in [-0.2, -0.15) is 0 Å².